The van der Waals surface area contributed by atoms with Crippen molar-refractivity contribution in [1.29, 1.82) is 0 Å². The van der Waals surface area contributed by atoms with Crippen LogP contribution in [0.4, 0.5) is 10.5 Å². The summed E-state index contributed by atoms with van der Waals surface area (Å²) in [5.41, 5.74) is 1.44. The van der Waals surface area contributed by atoms with E-state index in [-0.39, 0.29) is 11.6 Å². The summed E-state index contributed by atoms with van der Waals surface area (Å²) in [6.07, 6.45) is 1.60. The molecule has 10 heteroatoms. The van der Waals surface area contributed by atoms with Crippen molar-refractivity contribution < 1.29 is 27.5 Å². The lowest BCUT2D eigenvalue weighted by atomic mass is 10.1. The maximum atomic E-state index is 12.0. The Kier molecular flexibility index (Phi) is 5.31. The smallest absolute Gasteiger partial charge is 0.338 e. The van der Waals surface area contributed by atoms with Crippen LogP contribution in [0.5, 0.6) is 0 Å². The Balaban J connectivity index is 2.08. The third kappa shape index (κ3) is 4.27. The van der Waals surface area contributed by atoms with Crippen molar-refractivity contribution in [2.24, 2.45) is 0 Å². The van der Waals surface area contributed by atoms with Crippen LogP contribution in [0.1, 0.15) is 22.8 Å². The van der Waals surface area contributed by atoms with E-state index in [1.165, 1.54) is 17.4 Å². The normalized spacial score (nSPS) is 16.1. The van der Waals surface area contributed by atoms with Gasteiger partial charge in [0.1, 0.15) is 0 Å². The summed E-state index contributed by atoms with van der Waals surface area (Å²) in [4.78, 5) is 34.4. The lowest BCUT2D eigenvalue weighted by Gasteiger charge is -2.21. The quantitative estimate of drug-likeness (QED) is 0.721. The van der Waals surface area contributed by atoms with Gasteiger partial charge in [-0.1, -0.05) is 0 Å². The van der Waals surface area contributed by atoms with Crippen LogP contribution in [-0.2, 0) is 26.0 Å². The average molecular weight is 369 g/mol. The predicted molar refractivity (Wildman–Crippen MR) is 89.8 cm³/mol. The van der Waals surface area contributed by atoms with Gasteiger partial charge in [0.15, 0.2) is 6.61 Å². The number of carbonyl (C=O) groups is 3. The van der Waals surface area contributed by atoms with Crippen LogP contribution < -0.4 is 14.9 Å². The first-order valence-electron chi connectivity index (χ1n) is 7.44. The van der Waals surface area contributed by atoms with Crippen molar-refractivity contribution in [3.63, 3.8) is 0 Å². The molecule has 1 aromatic rings. The molecule has 0 unspecified atom stereocenters. The highest BCUT2D eigenvalue weighted by Gasteiger charge is 2.32. The molecule has 0 aliphatic carbocycles. The summed E-state index contributed by atoms with van der Waals surface area (Å²) < 4.78 is 29.9. The molecule has 3 amide bonds. The Morgan fingerprint density at radius 3 is 2.60 bits per heavy atom. The van der Waals surface area contributed by atoms with Gasteiger partial charge in [0.25, 0.3) is 5.91 Å². The first-order valence-corrected chi connectivity index (χ1v) is 9.29. The van der Waals surface area contributed by atoms with Crippen LogP contribution in [0.15, 0.2) is 18.2 Å². The highest BCUT2D eigenvalue weighted by atomic mass is 32.2. The molecule has 0 saturated heterocycles. The molecule has 1 aromatic carbocycles. The van der Waals surface area contributed by atoms with E-state index in [0.717, 1.165) is 6.26 Å². The minimum absolute atomic E-state index is 0.203. The Hall–Kier alpha value is -2.62. The van der Waals surface area contributed by atoms with Gasteiger partial charge in [-0.15, -0.1) is 0 Å². The van der Waals surface area contributed by atoms with Gasteiger partial charge in [0.05, 0.1) is 17.5 Å². The van der Waals surface area contributed by atoms with Gasteiger partial charge < -0.3 is 10.1 Å². The molecule has 1 atom stereocenters. The number of rotatable bonds is 4. The standard InChI is InChI=1S/C15H19N3O6S/c1-9-6-11-7-10(4-5-12(11)18(9)25(3,22)23)14(20)24-8-13(19)17-15(21)16-2/h4-5,7,9H,6,8H2,1-3H3,(H2,16,17,19,21)/t9-/m0/s1. The van der Waals surface area contributed by atoms with Gasteiger partial charge in [-0.05, 0) is 37.1 Å². The second-order valence-corrected chi connectivity index (χ2v) is 7.52. The largest absolute Gasteiger partial charge is 0.452 e. The highest BCUT2D eigenvalue weighted by Crippen LogP contribution is 2.34. The van der Waals surface area contributed by atoms with Crippen molar-refractivity contribution in [1.82, 2.24) is 10.6 Å². The summed E-state index contributed by atoms with van der Waals surface area (Å²) in [5, 5.41) is 4.17. The SMILES string of the molecule is CNC(=O)NC(=O)COC(=O)c1ccc2c(c1)C[C@H](C)N2S(C)(=O)=O. The fourth-order valence-corrected chi connectivity index (χ4v) is 3.94. The molecule has 0 saturated carbocycles. The van der Waals surface area contributed by atoms with E-state index in [0.29, 0.717) is 17.7 Å². The number of fused-ring (bicyclic) bond motifs is 1. The maximum absolute atomic E-state index is 12.0. The zero-order valence-corrected chi connectivity index (χ0v) is 14.8. The number of carbonyl (C=O) groups excluding carboxylic acids is 3. The summed E-state index contributed by atoms with van der Waals surface area (Å²) >= 11 is 0. The van der Waals surface area contributed by atoms with Gasteiger partial charge in [-0.3, -0.25) is 14.4 Å². The van der Waals surface area contributed by atoms with Crippen LogP contribution in [-0.4, -0.2) is 52.3 Å². The van der Waals surface area contributed by atoms with Crippen LogP contribution in [0, 0.1) is 0 Å². The molecule has 2 rings (SSSR count). The highest BCUT2D eigenvalue weighted by molar-refractivity contribution is 7.92. The van der Waals surface area contributed by atoms with Crippen LogP contribution >= 0.6 is 0 Å². The average Bonchev–Trinajstić information content (AvgIpc) is 2.87. The second-order valence-electron chi connectivity index (χ2n) is 5.66. The number of hydrogen-bond acceptors (Lipinski definition) is 6. The van der Waals surface area contributed by atoms with Crippen molar-refractivity contribution in [2.75, 3.05) is 24.2 Å². The number of nitrogens with zero attached hydrogens (tertiary/aromatic N) is 1. The Bertz CT molecular complexity index is 821. The summed E-state index contributed by atoms with van der Waals surface area (Å²) in [6.45, 7) is 1.18. The van der Waals surface area contributed by atoms with Crippen LogP contribution in [0.2, 0.25) is 0 Å². The number of nitrogens with one attached hydrogen (secondary N) is 2. The zero-order valence-electron chi connectivity index (χ0n) is 14.0. The van der Waals surface area contributed by atoms with E-state index >= 15 is 0 Å². The van der Waals surface area contributed by atoms with Gasteiger partial charge in [-0.2, -0.15) is 0 Å². The minimum Gasteiger partial charge on any atom is -0.452 e. The first-order chi connectivity index (χ1) is 11.6. The van der Waals surface area contributed by atoms with E-state index in [2.05, 4.69) is 5.32 Å². The van der Waals surface area contributed by atoms with Crippen molar-refractivity contribution >= 4 is 33.6 Å². The van der Waals surface area contributed by atoms with E-state index in [1.54, 1.807) is 19.1 Å². The fourth-order valence-electron chi connectivity index (χ4n) is 2.67. The molecular weight excluding hydrogens is 350 g/mol. The van der Waals surface area contributed by atoms with E-state index in [1.807, 2.05) is 5.32 Å². The number of ether oxygens (including phenoxy) is 1. The Morgan fingerprint density at radius 2 is 2.00 bits per heavy atom. The first kappa shape index (κ1) is 18.7. The summed E-state index contributed by atoms with van der Waals surface area (Å²) in [7, 11) is -2.06. The molecule has 2 N–H and O–H groups in total. The monoisotopic (exact) mass is 369 g/mol. The second kappa shape index (κ2) is 7.09. The molecule has 25 heavy (non-hydrogen) atoms. The molecule has 0 aromatic heterocycles. The number of anilines is 1. The molecule has 9 nitrogen and oxygen atoms in total. The molecular formula is C15H19N3O6S. The molecule has 0 bridgehead atoms. The molecule has 1 aliphatic rings. The molecule has 0 radical (unpaired) electrons. The maximum Gasteiger partial charge on any atom is 0.338 e. The topological polar surface area (TPSA) is 122 Å². The Labute approximate surface area is 145 Å². The number of imide groups is 1. The van der Waals surface area contributed by atoms with Crippen molar-refractivity contribution in [3.05, 3.63) is 29.3 Å². The summed E-state index contributed by atoms with van der Waals surface area (Å²) in [5.74, 6) is -1.49. The molecule has 0 fully saturated rings. The number of esters is 1. The number of hydrogen-bond donors (Lipinski definition) is 2. The third-order valence-corrected chi connectivity index (χ3v) is 4.91. The number of sulfonamides is 1. The third-order valence-electron chi connectivity index (χ3n) is 3.64. The van der Waals surface area contributed by atoms with Crippen LogP contribution in [0.25, 0.3) is 0 Å². The van der Waals surface area contributed by atoms with Crippen molar-refractivity contribution in [3.8, 4) is 0 Å². The van der Waals surface area contributed by atoms with E-state index in [9.17, 15) is 22.8 Å². The molecule has 1 aliphatic heterocycles. The summed E-state index contributed by atoms with van der Waals surface area (Å²) in [6, 6.07) is 3.59. The molecule has 1 heterocycles. The zero-order chi connectivity index (χ0) is 18.8. The van der Waals surface area contributed by atoms with Gasteiger partial charge in [0, 0.05) is 13.1 Å². The Morgan fingerprint density at radius 1 is 1.32 bits per heavy atom. The van der Waals surface area contributed by atoms with Crippen molar-refractivity contribution in [2.45, 2.75) is 19.4 Å². The molecule has 136 valence electrons. The van der Waals surface area contributed by atoms with E-state index < -0.39 is 34.5 Å². The number of amides is 3. The van der Waals surface area contributed by atoms with Gasteiger partial charge in [0.2, 0.25) is 10.0 Å². The van der Waals surface area contributed by atoms with E-state index in [4.69, 9.17) is 4.74 Å². The van der Waals surface area contributed by atoms with Gasteiger partial charge in [-0.25, -0.2) is 18.0 Å². The van der Waals surface area contributed by atoms with Gasteiger partial charge >= 0.3 is 12.0 Å². The minimum atomic E-state index is -3.41. The predicted octanol–water partition coefficient (Wildman–Crippen LogP) is 0.00960. The fraction of sp³-hybridized carbons (Fsp3) is 0.400. The lowest BCUT2D eigenvalue weighted by Crippen LogP contribution is -2.39. The number of benzene rings is 1. The van der Waals surface area contributed by atoms with Crippen LogP contribution in [0.3, 0.4) is 0 Å². The number of urea groups is 1. The molecule has 0 spiro atoms. The lowest BCUT2D eigenvalue weighted by molar-refractivity contribution is -0.123.